The third-order valence-electron chi connectivity index (χ3n) is 4.40. The van der Waals surface area contributed by atoms with Crippen molar-refractivity contribution >= 4 is 45.6 Å². The lowest BCUT2D eigenvalue weighted by Gasteiger charge is -2.09. The molecule has 1 amide bonds. The Labute approximate surface area is 165 Å². The second-order valence-corrected chi connectivity index (χ2v) is 6.65. The third-order valence-corrected chi connectivity index (χ3v) is 4.73. The molecule has 6 nitrogen and oxygen atoms in total. The van der Waals surface area contributed by atoms with Gasteiger partial charge in [0.15, 0.2) is 4.77 Å². The summed E-state index contributed by atoms with van der Waals surface area (Å²) in [4.78, 5) is 32.6. The van der Waals surface area contributed by atoms with Crippen molar-refractivity contribution in [2.45, 2.75) is 6.54 Å². The fourth-order valence-electron chi connectivity index (χ4n) is 3.03. The minimum Gasteiger partial charge on any atom is -0.332 e. The highest BCUT2D eigenvalue weighted by molar-refractivity contribution is 7.71. The summed E-state index contributed by atoms with van der Waals surface area (Å²) >= 11 is 5.24. The first-order valence-electron chi connectivity index (χ1n) is 8.61. The molecule has 4 rings (SSSR count). The highest BCUT2D eigenvalue weighted by Crippen LogP contribution is 2.18. The van der Waals surface area contributed by atoms with Gasteiger partial charge in [-0.25, -0.2) is 0 Å². The molecular weight excluding hydrogens is 372 g/mol. The molecule has 0 saturated carbocycles. The second kappa shape index (κ2) is 7.21. The van der Waals surface area contributed by atoms with Crippen molar-refractivity contribution in [3.8, 4) is 0 Å². The summed E-state index contributed by atoms with van der Waals surface area (Å²) in [5, 5.41) is 4.23. The number of carbonyl (C=O) groups is 1. The van der Waals surface area contributed by atoms with E-state index in [1.54, 1.807) is 30.5 Å². The van der Waals surface area contributed by atoms with Crippen LogP contribution in [0.2, 0.25) is 0 Å². The van der Waals surface area contributed by atoms with Crippen molar-refractivity contribution in [3.63, 3.8) is 0 Å². The van der Waals surface area contributed by atoms with E-state index in [0.717, 1.165) is 10.9 Å². The van der Waals surface area contributed by atoms with Crippen LogP contribution in [-0.4, -0.2) is 20.4 Å². The maximum Gasteiger partial charge on any atom is 0.262 e. The number of rotatable bonds is 4. The molecule has 0 fully saturated rings. The van der Waals surface area contributed by atoms with E-state index in [9.17, 15) is 9.59 Å². The van der Waals surface area contributed by atoms with E-state index in [1.807, 2.05) is 30.3 Å². The first kappa shape index (κ1) is 17.8. The number of allylic oxidation sites excluding steroid dienone is 1. The summed E-state index contributed by atoms with van der Waals surface area (Å²) in [5.74, 6) is -0.298. The maximum atomic E-state index is 12.7. The molecule has 0 bridgehead atoms. The maximum absolute atomic E-state index is 12.7. The third kappa shape index (κ3) is 3.23. The molecule has 2 aromatic carbocycles. The minimum atomic E-state index is -0.298. The summed E-state index contributed by atoms with van der Waals surface area (Å²) in [5.41, 5.74) is 2.16. The monoisotopic (exact) mass is 388 g/mol. The molecule has 0 unspecified atom stereocenters. The lowest BCUT2D eigenvalue weighted by Crippen LogP contribution is -2.22. The normalized spacial score (nSPS) is 10.9. The van der Waals surface area contributed by atoms with Crippen LogP contribution in [-0.2, 0) is 6.54 Å². The van der Waals surface area contributed by atoms with Gasteiger partial charge in [-0.05, 0) is 42.5 Å². The van der Waals surface area contributed by atoms with Crippen LogP contribution in [0.5, 0.6) is 0 Å². The zero-order chi connectivity index (χ0) is 19.7. The standard InChI is InChI=1S/C21H16N4O2S/c1-2-9-25-20(27)16-8-7-14(11-18(16)24-21(25)28)19(26)23-15-10-13-5-3-4-6-17(13)22-12-15/h2-8,10-12H,1,9H2,(H,23,26)(H,24,28). The van der Waals surface area contributed by atoms with Crippen LogP contribution in [0.1, 0.15) is 10.4 Å². The van der Waals surface area contributed by atoms with Gasteiger partial charge in [0.2, 0.25) is 0 Å². The Balaban J connectivity index is 1.68. The summed E-state index contributed by atoms with van der Waals surface area (Å²) in [6, 6.07) is 14.4. The number of hydrogen-bond donors (Lipinski definition) is 2. The van der Waals surface area contributed by atoms with Crippen LogP contribution < -0.4 is 10.9 Å². The second-order valence-electron chi connectivity index (χ2n) is 6.27. The van der Waals surface area contributed by atoms with Gasteiger partial charge in [-0.1, -0.05) is 24.3 Å². The largest absolute Gasteiger partial charge is 0.332 e. The summed E-state index contributed by atoms with van der Waals surface area (Å²) in [6.07, 6.45) is 3.22. The average molecular weight is 388 g/mol. The van der Waals surface area contributed by atoms with Crippen molar-refractivity contribution in [2.75, 3.05) is 5.32 Å². The highest BCUT2D eigenvalue weighted by Gasteiger charge is 2.11. The van der Waals surface area contributed by atoms with Crippen LogP contribution >= 0.6 is 12.2 Å². The van der Waals surface area contributed by atoms with Gasteiger partial charge in [0.1, 0.15) is 0 Å². The SMILES string of the molecule is C=CCn1c(=S)[nH]c2cc(C(=O)Nc3cnc4ccccc4c3)ccc2c1=O. The Kier molecular flexibility index (Phi) is 4.58. The van der Waals surface area contributed by atoms with Crippen LogP contribution in [0.4, 0.5) is 5.69 Å². The molecule has 0 aliphatic rings. The minimum absolute atomic E-state index is 0.218. The molecule has 2 aromatic heterocycles. The topological polar surface area (TPSA) is 79.8 Å². The summed E-state index contributed by atoms with van der Waals surface area (Å²) in [7, 11) is 0. The van der Waals surface area contributed by atoms with E-state index in [2.05, 4.69) is 21.9 Å². The molecule has 0 radical (unpaired) electrons. The number of pyridine rings is 1. The van der Waals surface area contributed by atoms with Crippen LogP contribution in [0.3, 0.4) is 0 Å². The average Bonchev–Trinajstić information content (AvgIpc) is 2.70. The number of amides is 1. The Morgan fingerprint density at radius 1 is 1.25 bits per heavy atom. The van der Waals surface area contributed by atoms with Crippen molar-refractivity contribution in [2.24, 2.45) is 0 Å². The first-order valence-corrected chi connectivity index (χ1v) is 9.01. The predicted molar refractivity (Wildman–Crippen MR) is 113 cm³/mol. The van der Waals surface area contributed by atoms with Gasteiger partial charge in [0.25, 0.3) is 11.5 Å². The zero-order valence-electron chi connectivity index (χ0n) is 14.8. The van der Waals surface area contributed by atoms with E-state index in [-0.39, 0.29) is 16.2 Å². The van der Waals surface area contributed by atoms with Gasteiger partial charge < -0.3 is 10.3 Å². The number of para-hydroxylation sites is 1. The molecule has 0 spiro atoms. The number of benzene rings is 2. The van der Waals surface area contributed by atoms with Gasteiger partial charge in [-0.15, -0.1) is 6.58 Å². The Hall–Kier alpha value is -3.58. The van der Waals surface area contributed by atoms with Gasteiger partial charge in [0, 0.05) is 17.5 Å². The van der Waals surface area contributed by atoms with Gasteiger partial charge in [-0.2, -0.15) is 0 Å². The molecule has 2 N–H and O–H groups in total. The fourth-order valence-corrected chi connectivity index (χ4v) is 3.30. The molecule has 0 aliphatic heterocycles. The molecule has 2 heterocycles. The van der Waals surface area contributed by atoms with Crippen molar-refractivity contribution in [1.82, 2.24) is 14.5 Å². The lowest BCUT2D eigenvalue weighted by molar-refractivity contribution is 0.102. The smallest absolute Gasteiger partial charge is 0.262 e. The Bertz CT molecular complexity index is 1350. The zero-order valence-corrected chi connectivity index (χ0v) is 15.6. The summed E-state index contributed by atoms with van der Waals surface area (Å²) < 4.78 is 1.71. The number of aromatic nitrogens is 3. The number of anilines is 1. The molecule has 0 atom stereocenters. The van der Waals surface area contributed by atoms with Gasteiger partial charge >= 0.3 is 0 Å². The molecule has 138 valence electrons. The van der Waals surface area contributed by atoms with Gasteiger partial charge in [-0.3, -0.25) is 19.1 Å². The number of nitrogens with zero attached hydrogens (tertiary/aromatic N) is 2. The number of H-pyrrole nitrogens is 1. The summed E-state index contributed by atoms with van der Waals surface area (Å²) in [6.45, 7) is 3.96. The molecule has 7 heteroatoms. The predicted octanol–water partition coefficient (Wildman–Crippen LogP) is 4.05. The number of fused-ring (bicyclic) bond motifs is 2. The van der Waals surface area contributed by atoms with Crippen molar-refractivity contribution < 1.29 is 4.79 Å². The van der Waals surface area contributed by atoms with Crippen molar-refractivity contribution in [1.29, 1.82) is 0 Å². The Morgan fingerprint density at radius 3 is 2.89 bits per heavy atom. The number of hydrogen-bond acceptors (Lipinski definition) is 4. The quantitative estimate of drug-likeness (QED) is 0.408. The van der Waals surface area contributed by atoms with Crippen LogP contribution in [0.15, 0.2) is 72.2 Å². The fraction of sp³-hybridized carbons (Fsp3) is 0.0476. The van der Waals surface area contributed by atoms with E-state index in [0.29, 0.717) is 28.7 Å². The molecule has 28 heavy (non-hydrogen) atoms. The number of nitrogens with one attached hydrogen (secondary N) is 2. The van der Waals surface area contributed by atoms with E-state index < -0.39 is 0 Å². The molecule has 4 aromatic rings. The Morgan fingerprint density at radius 2 is 2.07 bits per heavy atom. The van der Waals surface area contributed by atoms with E-state index >= 15 is 0 Å². The lowest BCUT2D eigenvalue weighted by atomic mass is 10.1. The van der Waals surface area contributed by atoms with Crippen molar-refractivity contribution in [3.05, 3.63) is 88.1 Å². The molecule has 0 saturated heterocycles. The van der Waals surface area contributed by atoms with Gasteiger partial charge in [0.05, 0.1) is 28.3 Å². The van der Waals surface area contributed by atoms with Crippen LogP contribution in [0, 0.1) is 4.77 Å². The highest BCUT2D eigenvalue weighted by atomic mass is 32.1. The van der Waals surface area contributed by atoms with Crippen LogP contribution in [0.25, 0.3) is 21.8 Å². The first-order chi connectivity index (χ1) is 13.6. The number of aromatic amines is 1. The number of carbonyl (C=O) groups excluding carboxylic acids is 1. The molecule has 0 aliphatic carbocycles. The van der Waals surface area contributed by atoms with E-state index in [4.69, 9.17) is 12.2 Å². The molecular formula is C21H16N4O2S. The van der Waals surface area contributed by atoms with E-state index in [1.165, 1.54) is 4.57 Å².